The van der Waals surface area contributed by atoms with Gasteiger partial charge in [-0.25, -0.2) is 9.97 Å². The fourth-order valence-corrected chi connectivity index (χ4v) is 1.71. The molecule has 0 unspecified atom stereocenters. The smallest absolute Gasteiger partial charge is 0.224 e. The summed E-state index contributed by atoms with van der Waals surface area (Å²) in [6, 6.07) is 5.75. The van der Waals surface area contributed by atoms with Crippen molar-refractivity contribution < 1.29 is 0 Å². The van der Waals surface area contributed by atoms with Crippen molar-refractivity contribution in [3.8, 4) is 0 Å². The van der Waals surface area contributed by atoms with E-state index >= 15 is 0 Å². The SMILES string of the molecule is Cc1ccc(Cl)c(Nc2nc(Cl)ncc2C)c1. The zero-order valence-electron chi connectivity index (χ0n) is 9.46. The molecule has 0 amide bonds. The maximum atomic E-state index is 6.10. The highest BCUT2D eigenvalue weighted by atomic mass is 35.5. The Kier molecular flexibility index (Phi) is 3.50. The molecule has 0 aliphatic carbocycles. The van der Waals surface area contributed by atoms with Gasteiger partial charge in [0.25, 0.3) is 0 Å². The molecule has 0 bridgehead atoms. The Labute approximate surface area is 110 Å². The first-order chi connectivity index (χ1) is 8.06. The highest BCUT2D eigenvalue weighted by Crippen LogP contribution is 2.27. The number of aryl methyl sites for hydroxylation is 2. The zero-order chi connectivity index (χ0) is 12.4. The Morgan fingerprint density at radius 1 is 1.18 bits per heavy atom. The van der Waals surface area contributed by atoms with Gasteiger partial charge in [0.05, 0.1) is 10.7 Å². The lowest BCUT2D eigenvalue weighted by molar-refractivity contribution is 1.13. The summed E-state index contributed by atoms with van der Waals surface area (Å²) in [5.41, 5.74) is 2.84. The average molecular weight is 268 g/mol. The number of nitrogens with zero attached hydrogens (tertiary/aromatic N) is 2. The second-order valence-corrected chi connectivity index (χ2v) is 4.52. The van der Waals surface area contributed by atoms with Crippen molar-refractivity contribution in [1.82, 2.24) is 9.97 Å². The fourth-order valence-electron chi connectivity index (χ4n) is 1.41. The van der Waals surface area contributed by atoms with Crippen molar-refractivity contribution in [3.63, 3.8) is 0 Å². The van der Waals surface area contributed by atoms with Gasteiger partial charge in [-0.3, -0.25) is 0 Å². The van der Waals surface area contributed by atoms with Gasteiger partial charge in [-0.2, -0.15) is 0 Å². The van der Waals surface area contributed by atoms with Gasteiger partial charge in [0.1, 0.15) is 5.82 Å². The van der Waals surface area contributed by atoms with E-state index < -0.39 is 0 Å². The number of hydrogen-bond acceptors (Lipinski definition) is 3. The first-order valence-electron chi connectivity index (χ1n) is 5.08. The van der Waals surface area contributed by atoms with E-state index in [1.54, 1.807) is 6.20 Å². The molecule has 1 N–H and O–H groups in total. The van der Waals surface area contributed by atoms with Gasteiger partial charge < -0.3 is 5.32 Å². The number of hydrogen-bond donors (Lipinski definition) is 1. The van der Waals surface area contributed by atoms with Crippen LogP contribution in [0.3, 0.4) is 0 Å². The molecule has 0 aliphatic rings. The summed E-state index contributed by atoms with van der Waals surface area (Å²) in [5.74, 6) is 0.664. The van der Waals surface area contributed by atoms with Crippen LogP contribution in [0.1, 0.15) is 11.1 Å². The van der Waals surface area contributed by atoms with E-state index in [2.05, 4.69) is 15.3 Å². The van der Waals surface area contributed by atoms with Gasteiger partial charge in [0.2, 0.25) is 5.28 Å². The number of halogens is 2. The fraction of sp³-hybridized carbons (Fsp3) is 0.167. The highest BCUT2D eigenvalue weighted by Gasteiger charge is 2.06. The van der Waals surface area contributed by atoms with Crippen LogP contribution in [0.4, 0.5) is 11.5 Å². The van der Waals surface area contributed by atoms with E-state index in [-0.39, 0.29) is 5.28 Å². The monoisotopic (exact) mass is 267 g/mol. The molecule has 17 heavy (non-hydrogen) atoms. The van der Waals surface area contributed by atoms with E-state index in [1.165, 1.54) is 0 Å². The van der Waals surface area contributed by atoms with E-state index in [4.69, 9.17) is 23.2 Å². The Balaban J connectivity index is 2.37. The van der Waals surface area contributed by atoms with E-state index in [0.717, 1.165) is 16.8 Å². The third-order valence-electron chi connectivity index (χ3n) is 2.32. The molecule has 3 nitrogen and oxygen atoms in total. The van der Waals surface area contributed by atoms with Crippen molar-refractivity contribution in [2.75, 3.05) is 5.32 Å². The molecule has 0 fully saturated rings. The van der Waals surface area contributed by atoms with Gasteiger partial charge >= 0.3 is 0 Å². The van der Waals surface area contributed by atoms with Crippen LogP contribution in [0.15, 0.2) is 24.4 Å². The summed E-state index contributed by atoms with van der Waals surface area (Å²) in [7, 11) is 0. The second-order valence-electron chi connectivity index (χ2n) is 3.78. The van der Waals surface area contributed by atoms with Crippen LogP contribution in [0.5, 0.6) is 0 Å². The Bertz CT molecular complexity index is 506. The number of aromatic nitrogens is 2. The molecule has 1 aromatic carbocycles. The summed E-state index contributed by atoms with van der Waals surface area (Å²) in [4.78, 5) is 8.03. The number of anilines is 2. The molecule has 0 saturated heterocycles. The summed E-state index contributed by atoms with van der Waals surface area (Å²) in [5, 5.41) is 4.01. The molecular weight excluding hydrogens is 257 g/mol. The Hall–Kier alpha value is -1.32. The third-order valence-corrected chi connectivity index (χ3v) is 2.83. The minimum absolute atomic E-state index is 0.210. The molecule has 1 aromatic heterocycles. The minimum Gasteiger partial charge on any atom is -0.339 e. The van der Waals surface area contributed by atoms with Crippen LogP contribution >= 0.6 is 23.2 Å². The first-order valence-corrected chi connectivity index (χ1v) is 5.84. The molecule has 0 atom stereocenters. The van der Waals surface area contributed by atoms with E-state index in [1.807, 2.05) is 32.0 Å². The third kappa shape index (κ3) is 2.87. The summed E-state index contributed by atoms with van der Waals surface area (Å²) in [6.45, 7) is 3.91. The second kappa shape index (κ2) is 4.90. The maximum absolute atomic E-state index is 6.10. The summed E-state index contributed by atoms with van der Waals surface area (Å²) < 4.78 is 0. The lowest BCUT2D eigenvalue weighted by Gasteiger charge is -2.10. The van der Waals surface area contributed by atoms with Crippen LogP contribution in [-0.4, -0.2) is 9.97 Å². The van der Waals surface area contributed by atoms with Crippen molar-refractivity contribution in [2.24, 2.45) is 0 Å². The van der Waals surface area contributed by atoms with Gasteiger partial charge in [-0.1, -0.05) is 17.7 Å². The van der Waals surface area contributed by atoms with Gasteiger partial charge in [0, 0.05) is 11.8 Å². The standard InChI is InChI=1S/C12H11Cl2N3/c1-7-3-4-9(13)10(5-7)16-11-8(2)6-15-12(14)17-11/h3-6H,1-2H3,(H,15,16,17). The normalized spacial score (nSPS) is 10.4. The molecule has 5 heteroatoms. The van der Waals surface area contributed by atoms with Crippen molar-refractivity contribution in [1.29, 1.82) is 0 Å². The number of benzene rings is 1. The zero-order valence-corrected chi connectivity index (χ0v) is 11.0. The van der Waals surface area contributed by atoms with Crippen LogP contribution in [0.25, 0.3) is 0 Å². The quantitative estimate of drug-likeness (QED) is 0.831. The summed E-state index contributed by atoms with van der Waals surface area (Å²) in [6.07, 6.45) is 1.67. The molecule has 1 heterocycles. The van der Waals surface area contributed by atoms with Crippen LogP contribution in [0.2, 0.25) is 10.3 Å². The lowest BCUT2D eigenvalue weighted by Crippen LogP contribution is -1.99. The van der Waals surface area contributed by atoms with Crippen LogP contribution < -0.4 is 5.32 Å². The maximum Gasteiger partial charge on any atom is 0.224 e. The highest BCUT2D eigenvalue weighted by molar-refractivity contribution is 6.33. The molecule has 2 aromatic rings. The first kappa shape index (κ1) is 12.1. The number of nitrogens with one attached hydrogen (secondary N) is 1. The largest absolute Gasteiger partial charge is 0.339 e. The molecule has 2 rings (SSSR count). The van der Waals surface area contributed by atoms with E-state index in [0.29, 0.717) is 10.8 Å². The van der Waals surface area contributed by atoms with Crippen molar-refractivity contribution >= 4 is 34.7 Å². The predicted molar refractivity (Wildman–Crippen MR) is 71.3 cm³/mol. The predicted octanol–water partition coefficient (Wildman–Crippen LogP) is 4.14. The van der Waals surface area contributed by atoms with Gasteiger partial charge in [-0.15, -0.1) is 0 Å². The molecule has 0 spiro atoms. The molecule has 0 radical (unpaired) electrons. The average Bonchev–Trinajstić information content (AvgIpc) is 2.28. The Morgan fingerprint density at radius 2 is 1.94 bits per heavy atom. The van der Waals surface area contributed by atoms with Crippen molar-refractivity contribution in [2.45, 2.75) is 13.8 Å². The molecule has 88 valence electrons. The minimum atomic E-state index is 0.210. The number of rotatable bonds is 2. The van der Waals surface area contributed by atoms with Crippen LogP contribution in [-0.2, 0) is 0 Å². The van der Waals surface area contributed by atoms with Crippen LogP contribution in [0, 0.1) is 13.8 Å². The molecule has 0 saturated carbocycles. The van der Waals surface area contributed by atoms with Crippen molar-refractivity contribution in [3.05, 3.63) is 45.8 Å². The summed E-state index contributed by atoms with van der Waals surface area (Å²) >= 11 is 11.9. The topological polar surface area (TPSA) is 37.8 Å². The molecule has 0 aliphatic heterocycles. The Morgan fingerprint density at radius 3 is 2.71 bits per heavy atom. The van der Waals surface area contributed by atoms with Gasteiger partial charge in [0.15, 0.2) is 0 Å². The van der Waals surface area contributed by atoms with E-state index in [9.17, 15) is 0 Å². The lowest BCUT2D eigenvalue weighted by atomic mass is 10.2. The van der Waals surface area contributed by atoms with Gasteiger partial charge in [-0.05, 0) is 43.1 Å². The molecular formula is C12H11Cl2N3.